The highest BCUT2D eigenvalue weighted by molar-refractivity contribution is 5.88. The summed E-state index contributed by atoms with van der Waals surface area (Å²) in [6.07, 6.45) is 4.89. The maximum absolute atomic E-state index is 10.7. The van der Waals surface area contributed by atoms with Gasteiger partial charge in [-0.05, 0) is 64.0 Å². The van der Waals surface area contributed by atoms with Crippen molar-refractivity contribution in [2.75, 3.05) is 26.2 Å². The number of rotatable bonds is 15. The Morgan fingerprint density at radius 3 is 2.50 bits per heavy atom. The summed E-state index contributed by atoms with van der Waals surface area (Å²) < 4.78 is 6.22. The first-order valence-corrected chi connectivity index (χ1v) is 11.8. The molecular formula is C27H40N2O3. The van der Waals surface area contributed by atoms with Crippen LogP contribution in [0.3, 0.4) is 0 Å². The van der Waals surface area contributed by atoms with E-state index < -0.39 is 5.97 Å². The average Bonchev–Trinajstić information content (AvgIpc) is 2.75. The molecular weight excluding hydrogens is 400 g/mol. The molecule has 0 unspecified atom stereocenters. The molecule has 0 spiro atoms. The monoisotopic (exact) mass is 440 g/mol. The zero-order valence-electron chi connectivity index (χ0n) is 20.1. The molecule has 0 aliphatic rings. The third kappa shape index (κ3) is 9.01. The molecule has 0 atom stereocenters. The van der Waals surface area contributed by atoms with Crippen LogP contribution in [0.25, 0.3) is 10.8 Å². The highest BCUT2D eigenvalue weighted by Gasteiger charge is 2.12. The van der Waals surface area contributed by atoms with E-state index in [1.807, 2.05) is 24.3 Å². The maximum atomic E-state index is 10.7. The second-order valence-corrected chi connectivity index (χ2v) is 8.87. The molecule has 176 valence electrons. The number of unbranched alkanes of at least 4 members (excludes halogenated alkanes) is 2. The number of allylic oxidation sites excluding steroid dienone is 1. The van der Waals surface area contributed by atoms with Crippen molar-refractivity contribution in [1.82, 2.24) is 10.2 Å². The molecule has 2 aromatic carbocycles. The second-order valence-electron chi connectivity index (χ2n) is 8.87. The lowest BCUT2D eigenvalue weighted by Gasteiger charge is -2.30. The summed E-state index contributed by atoms with van der Waals surface area (Å²) in [5, 5.41) is 14.7. The Balaban J connectivity index is 1.94. The summed E-state index contributed by atoms with van der Waals surface area (Å²) in [5.41, 5.74) is 1.20. The SMILES string of the molecule is CC(C)N(CCNC/C(=C/CCCCC(=O)O)COc1cccc2ccccc12)C(C)C. The van der Waals surface area contributed by atoms with Crippen LogP contribution in [0.5, 0.6) is 5.75 Å². The van der Waals surface area contributed by atoms with E-state index in [0.717, 1.165) is 43.6 Å². The van der Waals surface area contributed by atoms with E-state index in [1.165, 1.54) is 11.0 Å². The number of benzene rings is 2. The van der Waals surface area contributed by atoms with Gasteiger partial charge in [-0.1, -0.05) is 42.5 Å². The third-order valence-electron chi connectivity index (χ3n) is 5.67. The molecule has 0 fully saturated rings. The third-order valence-corrected chi connectivity index (χ3v) is 5.67. The van der Waals surface area contributed by atoms with Gasteiger partial charge in [0.2, 0.25) is 0 Å². The van der Waals surface area contributed by atoms with E-state index in [4.69, 9.17) is 9.84 Å². The van der Waals surface area contributed by atoms with E-state index in [0.29, 0.717) is 25.1 Å². The first-order chi connectivity index (χ1) is 15.4. The number of carboxylic acid groups (broad SMARTS) is 1. The van der Waals surface area contributed by atoms with Crippen molar-refractivity contribution in [3.63, 3.8) is 0 Å². The molecule has 0 saturated heterocycles. The van der Waals surface area contributed by atoms with Gasteiger partial charge in [-0.3, -0.25) is 9.69 Å². The largest absolute Gasteiger partial charge is 0.489 e. The fraction of sp³-hybridized carbons (Fsp3) is 0.519. The van der Waals surface area contributed by atoms with Crippen LogP contribution in [0.15, 0.2) is 54.1 Å². The van der Waals surface area contributed by atoms with Crippen LogP contribution in [0.1, 0.15) is 53.4 Å². The zero-order chi connectivity index (χ0) is 23.3. The highest BCUT2D eigenvalue weighted by Crippen LogP contribution is 2.25. The van der Waals surface area contributed by atoms with E-state index in [2.05, 4.69) is 62.2 Å². The molecule has 0 heterocycles. The first-order valence-electron chi connectivity index (χ1n) is 11.8. The highest BCUT2D eigenvalue weighted by atomic mass is 16.5. The molecule has 0 aromatic heterocycles. The lowest BCUT2D eigenvalue weighted by atomic mass is 10.1. The van der Waals surface area contributed by atoms with Crippen LogP contribution >= 0.6 is 0 Å². The number of ether oxygens (including phenoxy) is 1. The summed E-state index contributed by atoms with van der Waals surface area (Å²) in [7, 11) is 0. The van der Waals surface area contributed by atoms with Crippen LogP contribution in [0.2, 0.25) is 0 Å². The van der Waals surface area contributed by atoms with Gasteiger partial charge in [0.1, 0.15) is 12.4 Å². The van der Waals surface area contributed by atoms with Crippen molar-refractivity contribution >= 4 is 16.7 Å². The molecule has 32 heavy (non-hydrogen) atoms. The molecule has 0 saturated carbocycles. The lowest BCUT2D eigenvalue weighted by Crippen LogP contribution is -2.41. The standard InChI is InChI=1S/C27H40N2O3/c1-21(2)29(22(3)4)18-17-28-19-23(11-6-5-7-16-27(30)31)20-32-26-15-10-13-24-12-8-9-14-25(24)26/h8-15,21-22,28H,5-7,16-20H2,1-4H3,(H,30,31)/b23-11-. The van der Waals surface area contributed by atoms with Gasteiger partial charge in [0, 0.05) is 43.5 Å². The van der Waals surface area contributed by atoms with Crippen molar-refractivity contribution in [2.45, 2.75) is 65.5 Å². The van der Waals surface area contributed by atoms with E-state index >= 15 is 0 Å². The van der Waals surface area contributed by atoms with Crippen molar-refractivity contribution in [3.05, 3.63) is 54.1 Å². The zero-order valence-corrected chi connectivity index (χ0v) is 20.1. The van der Waals surface area contributed by atoms with Gasteiger partial charge in [0.25, 0.3) is 0 Å². The molecule has 5 heteroatoms. The Kier molecular flexibility index (Phi) is 11.3. The molecule has 0 aliphatic carbocycles. The summed E-state index contributed by atoms with van der Waals surface area (Å²) in [5.74, 6) is 0.167. The van der Waals surface area contributed by atoms with Gasteiger partial charge in [0.15, 0.2) is 0 Å². The lowest BCUT2D eigenvalue weighted by molar-refractivity contribution is -0.137. The number of hydrogen-bond acceptors (Lipinski definition) is 4. The number of aliphatic carboxylic acids is 1. The van der Waals surface area contributed by atoms with Crippen molar-refractivity contribution in [2.24, 2.45) is 0 Å². The van der Waals surface area contributed by atoms with Crippen LogP contribution in [0.4, 0.5) is 0 Å². The molecule has 5 nitrogen and oxygen atoms in total. The molecule has 0 aliphatic heterocycles. The fourth-order valence-corrected chi connectivity index (χ4v) is 3.97. The van der Waals surface area contributed by atoms with Gasteiger partial charge in [-0.2, -0.15) is 0 Å². The number of hydrogen-bond donors (Lipinski definition) is 2. The number of nitrogens with one attached hydrogen (secondary N) is 1. The summed E-state index contributed by atoms with van der Waals surface area (Å²) in [6, 6.07) is 15.4. The summed E-state index contributed by atoms with van der Waals surface area (Å²) >= 11 is 0. The van der Waals surface area contributed by atoms with Crippen LogP contribution in [0, 0.1) is 0 Å². The van der Waals surface area contributed by atoms with Gasteiger partial charge >= 0.3 is 5.97 Å². The predicted octanol–water partition coefficient (Wildman–Crippen LogP) is 5.50. The van der Waals surface area contributed by atoms with E-state index in [9.17, 15) is 4.79 Å². The number of carbonyl (C=O) groups is 1. The Bertz CT molecular complexity index is 848. The minimum atomic E-state index is -0.727. The molecule has 2 aromatic rings. The maximum Gasteiger partial charge on any atom is 0.303 e. The molecule has 2 rings (SSSR count). The summed E-state index contributed by atoms with van der Waals surface area (Å²) in [4.78, 5) is 13.2. The van der Waals surface area contributed by atoms with E-state index in [1.54, 1.807) is 0 Å². The predicted molar refractivity (Wildman–Crippen MR) is 133 cm³/mol. The number of carboxylic acids is 1. The van der Waals surface area contributed by atoms with Crippen LogP contribution in [-0.2, 0) is 4.79 Å². The summed E-state index contributed by atoms with van der Waals surface area (Å²) in [6.45, 7) is 12.2. The van der Waals surface area contributed by atoms with Gasteiger partial charge in [-0.15, -0.1) is 0 Å². The van der Waals surface area contributed by atoms with Gasteiger partial charge in [-0.25, -0.2) is 0 Å². The Morgan fingerprint density at radius 1 is 1.06 bits per heavy atom. The second kappa shape index (κ2) is 13.9. The minimum Gasteiger partial charge on any atom is -0.489 e. The normalized spacial score (nSPS) is 12.3. The average molecular weight is 441 g/mol. The quantitative estimate of drug-likeness (QED) is 0.283. The smallest absolute Gasteiger partial charge is 0.303 e. The number of fused-ring (bicyclic) bond motifs is 1. The molecule has 0 amide bonds. The topological polar surface area (TPSA) is 61.8 Å². The van der Waals surface area contributed by atoms with Crippen molar-refractivity contribution in [1.29, 1.82) is 0 Å². The van der Waals surface area contributed by atoms with Crippen LogP contribution < -0.4 is 10.1 Å². The fourth-order valence-electron chi connectivity index (χ4n) is 3.97. The molecule has 0 bridgehead atoms. The molecule has 2 N–H and O–H groups in total. The van der Waals surface area contributed by atoms with Crippen molar-refractivity contribution < 1.29 is 14.6 Å². The Morgan fingerprint density at radius 2 is 1.78 bits per heavy atom. The van der Waals surface area contributed by atoms with Crippen molar-refractivity contribution in [3.8, 4) is 5.75 Å². The van der Waals surface area contributed by atoms with E-state index in [-0.39, 0.29) is 6.42 Å². The minimum absolute atomic E-state index is 0.230. The first kappa shape index (κ1) is 25.9. The van der Waals surface area contributed by atoms with Gasteiger partial charge in [0.05, 0.1) is 0 Å². The van der Waals surface area contributed by atoms with Crippen LogP contribution in [-0.4, -0.2) is 54.3 Å². The molecule has 0 radical (unpaired) electrons. The Labute approximate surface area is 193 Å². The Hall–Kier alpha value is -2.37. The number of nitrogens with zero attached hydrogens (tertiary/aromatic N) is 1. The van der Waals surface area contributed by atoms with Gasteiger partial charge < -0.3 is 15.2 Å².